The van der Waals surface area contributed by atoms with Crippen molar-refractivity contribution in [1.29, 1.82) is 0 Å². The summed E-state index contributed by atoms with van der Waals surface area (Å²) in [6.45, 7) is 0. The number of hydrogen-bond acceptors (Lipinski definition) is 1. The van der Waals surface area contributed by atoms with Gasteiger partial charge in [-0.3, -0.25) is 0 Å². The lowest BCUT2D eigenvalue weighted by atomic mass is 9.71. The zero-order valence-electron chi connectivity index (χ0n) is 12.3. The van der Waals surface area contributed by atoms with E-state index in [0.29, 0.717) is 6.16 Å². The molecule has 1 atom stereocenters. The Hall–Kier alpha value is -1.95. The fourth-order valence-corrected chi connectivity index (χ4v) is 3.94. The van der Waals surface area contributed by atoms with Gasteiger partial charge in [0.15, 0.2) is 0 Å². The van der Waals surface area contributed by atoms with E-state index in [1.54, 1.807) is 0 Å². The van der Waals surface area contributed by atoms with Gasteiger partial charge in [-0.15, -0.1) is 0 Å². The molecule has 0 spiro atoms. The van der Waals surface area contributed by atoms with Gasteiger partial charge in [-0.05, 0) is 16.7 Å². The summed E-state index contributed by atoms with van der Waals surface area (Å²) in [7, 11) is -0.114. The standard InChI is InChI=1S/C20H19OP/c21-22-16-20(17-10-4-1-5-11-17,18-12-6-2-7-13-18)19-14-8-3-9-15-19/h1-15,21-22H,16H2. The molecule has 1 N–H and O–H groups in total. The van der Waals surface area contributed by atoms with E-state index in [4.69, 9.17) is 0 Å². The molecule has 0 fully saturated rings. The van der Waals surface area contributed by atoms with Crippen LogP contribution in [0, 0.1) is 0 Å². The van der Waals surface area contributed by atoms with E-state index < -0.39 is 0 Å². The molecule has 22 heavy (non-hydrogen) atoms. The normalized spacial score (nSPS) is 11.9. The van der Waals surface area contributed by atoms with Crippen molar-refractivity contribution in [3.05, 3.63) is 108 Å². The van der Waals surface area contributed by atoms with Crippen LogP contribution < -0.4 is 0 Å². The van der Waals surface area contributed by atoms with Gasteiger partial charge in [-0.1, -0.05) is 91.0 Å². The maximum Gasteiger partial charge on any atom is 0.0509 e. The van der Waals surface area contributed by atoms with Crippen LogP contribution in [0.3, 0.4) is 0 Å². The van der Waals surface area contributed by atoms with E-state index in [-0.39, 0.29) is 14.2 Å². The lowest BCUT2D eigenvalue weighted by Gasteiger charge is -2.35. The van der Waals surface area contributed by atoms with E-state index in [1.165, 1.54) is 16.7 Å². The zero-order valence-corrected chi connectivity index (χ0v) is 13.3. The highest BCUT2D eigenvalue weighted by atomic mass is 31.1. The molecule has 0 amide bonds. The third kappa shape index (κ3) is 2.70. The summed E-state index contributed by atoms with van der Waals surface area (Å²) in [5, 5.41) is 0. The van der Waals surface area contributed by atoms with Crippen LogP contribution in [-0.4, -0.2) is 11.1 Å². The summed E-state index contributed by atoms with van der Waals surface area (Å²) in [4.78, 5) is 9.81. The summed E-state index contributed by atoms with van der Waals surface area (Å²) in [5.74, 6) is 0. The third-order valence-electron chi connectivity index (χ3n) is 4.14. The van der Waals surface area contributed by atoms with Crippen LogP contribution in [0.1, 0.15) is 16.7 Å². The Bertz CT molecular complexity index is 599. The summed E-state index contributed by atoms with van der Waals surface area (Å²) in [6.07, 6.45) is 0.686. The molecule has 3 aromatic rings. The van der Waals surface area contributed by atoms with Crippen LogP contribution in [0.4, 0.5) is 0 Å². The molecule has 3 aromatic carbocycles. The maximum atomic E-state index is 9.81. The van der Waals surface area contributed by atoms with Crippen LogP contribution >= 0.6 is 8.81 Å². The average molecular weight is 306 g/mol. The zero-order chi connectivity index (χ0) is 15.3. The molecule has 110 valence electrons. The van der Waals surface area contributed by atoms with Gasteiger partial charge in [-0.25, -0.2) is 0 Å². The van der Waals surface area contributed by atoms with Crippen LogP contribution in [0.2, 0.25) is 0 Å². The smallest absolute Gasteiger partial charge is 0.0509 e. The quantitative estimate of drug-likeness (QED) is 0.539. The summed E-state index contributed by atoms with van der Waals surface area (Å²) < 4.78 is 0. The van der Waals surface area contributed by atoms with E-state index in [9.17, 15) is 4.89 Å². The molecule has 0 aliphatic rings. The van der Waals surface area contributed by atoms with Gasteiger partial charge < -0.3 is 4.89 Å². The topological polar surface area (TPSA) is 20.2 Å². The molecule has 0 heterocycles. The van der Waals surface area contributed by atoms with Crippen molar-refractivity contribution in [2.45, 2.75) is 5.41 Å². The Morgan fingerprint density at radius 1 is 0.591 bits per heavy atom. The fourth-order valence-electron chi connectivity index (χ4n) is 3.09. The molecule has 1 unspecified atom stereocenters. The first kappa shape index (κ1) is 15.0. The lowest BCUT2D eigenvalue weighted by Crippen LogP contribution is -2.31. The van der Waals surface area contributed by atoms with Gasteiger partial charge >= 0.3 is 0 Å². The van der Waals surface area contributed by atoms with Crippen molar-refractivity contribution in [2.24, 2.45) is 0 Å². The highest BCUT2D eigenvalue weighted by molar-refractivity contribution is 7.31. The van der Waals surface area contributed by atoms with E-state index in [2.05, 4.69) is 72.8 Å². The summed E-state index contributed by atoms with van der Waals surface area (Å²) >= 11 is 0. The minimum Gasteiger partial charge on any atom is -0.377 e. The first-order chi connectivity index (χ1) is 10.9. The molecule has 2 heteroatoms. The Kier molecular flexibility index (Phi) is 4.68. The second-order valence-electron chi connectivity index (χ2n) is 5.34. The molecule has 0 aliphatic heterocycles. The maximum absolute atomic E-state index is 9.81. The van der Waals surface area contributed by atoms with Gasteiger partial charge in [0.1, 0.15) is 0 Å². The molecule has 0 aliphatic carbocycles. The Morgan fingerprint density at radius 2 is 0.909 bits per heavy atom. The van der Waals surface area contributed by atoms with Crippen molar-refractivity contribution in [1.82, 2.24) is 0 Å². The van der Waals surface area contributed by atoms with E-state index >= 15 is 0 Å². The SMILES string of the molecule is OPCC(c1ccccc1)(c1ccccc1)c1ccccc1. The minimum absolute atomic E-state index is 0.114. The predicted molar refractivity (Wildman–Crippen MR) is 94.6 cm³/mol. The molecule has 0 saturated heterocycles. The molecule has 0 saturated carbocycles. The fraction of sp³-hybridized carbons (Fsp3) is 0.100. The number of benzene rings is 3. The summed E-state index contributed by atoms with van der Waals surface area (Å²) in [6, 6.07) is 31.4. The predicted octanol–water partition coefficient (Wildman–Crippen LogP) is 4.61. The molecular formula is C20H19OP. The molecule has 1 nitrogen and oxygen atoms in total. The average Bonchev–Trinajstić information content (AvgIpc) is 2.62. The van der Waals surface area contributed by atoms with Crippen molar-refractivity contribution < 1.29 is 4.89 Å². The lowest BCUT2D eigenvalue weighted by molar-refractivity contribution is 0.617. The van der Waals surface area contributed by atoms with Gasteiger partial charge in [0.2, 0.25) is 0 Å². The third-order valence-corrected chi connectivity index (χ3v) is 4.83. The molecule has 3 rings (SSSR count). The first-order valence-corrected chi connectivity index (χ1v) is 8.57. The van der Waals surface area contributed by atoms with Crippen LogP contribution in [0.15, 0.2) is 91.0 Å². The Labute approximate surface area is 133 Å². The minimum atomic E-state index is -0.309. The van der Waals surface area contributed by atoms with Gasteiger partial charge in [0.05, 0.1) is 5.41 Å². The largest absolute Gasteiger partial charge is 0.377 e. The van der Waals surface area contributed by atoms with Crippen LogP contribution in [0.25, 0.3) is 0 Å². The second kappa shape index (κ2) is 6.87. The van der Waals surface area contributed by atoms with Crippen LogP contribution in [0.5, 0.6) is 0 Å². The van der Waals surface area contributed by atoms with E-state index in [1.807, 2.05) is 18.2 Å². The summed E-state index contributed by atoms with van der Waals surface area (Å²) in [5.41, 5.74) is 3.34. The van der Waals surface area contributed by atoms with Gasteiger partial charge in [0, 0.05) is 15.0 Å². The number of hydrogen-bond donors (Lipinski definition) is 1. The highest BCUT2D eigenvalue weighted by Crippen LogP contribution is 2.42. The molecule has 0 bridgehead atoms. The molecule has 0 radical (unpaired) electrons. The second-order valence-corrected chi connectivity index (χ2v) is 6.01. The monoisotopic (exact) mass is 306 g/mol. The van der Waals surface area contributed by atoms with Crippen molar-refractivity contribution in [3.63, 3.8) is 0 Å². The van der Waals surface area contributed by atoms with Crippen molar-refractivity contribution in [2.75, 3.05) is 6.16 Å². The van der Waals surface area contributed by atoms with Crippen molar-refractivity contribution in [3.8, 4) is 0 Å². The molecule has 0 aromatic heterocycles. The van der Waals surface area contributed by atoms with Gasteiger partial charge in [0.25, 0.3) is 0 Å². The van der Waals surface area contributed by atoms with E-state index in [0.717, 1.165) is 0 Å². The Balaban J connectivity index is 2.29. The van der Waals surface area contributed by atoms with Crippen molar-refractivity contribution >= 4 is 8.81 Å². The highest BCUT2D eigenvalue weighted by Gasteiger charge is 2.35. The first-order valence-electron chi connectivity index (χ1n) is 7.41. The molecular weight excluding hydrogens is 287 g/mol. The Morgan fingerprint density at radius 3 is 1.18 bits per heavy atom. The number of rotatable bonds is 5. The van der Waals surface area contributed by atoms with Gasteiger partial charge in [-0.2, -0.15) is 0 Å². The van der Waals surface area contributed by atoms with Crippen LogP contribution in [-0.2, 0) is 5.41 Å².